The van der Waals surface area contributed by atoms with Gasteiger partial charge in [0.1, 0.15) is 0 Å². The molecule has 2 rings (SSSR count). The van der Waals surface area contributed by atoms with Crippen molar-refractivity contribution in [3.63, 3.8) is 0 Å². The molecule has 0 fully saturated rings. The van der Waals surface area contributed by atoms with E-state index in [-0.39, 0.29) is 11.2 Å². The van der Waals surface area contributed by atoms with Crippen molar-refractivity contribution in [2.24, 2.45) is 0 Å². The van der Waals surface area contributed by atoms with Crippen LogP contribution in [0.15, 0.2) is 34.8 Å². The Hall–Kier alpha value is -1.40. The predicted molar refractivity (Wildman–Crippen MR) is 87.6 cm³/mol. The smallest absolute Gasteiger partial charge is 0.233 e. The summed E-state index contributed by atoms with van der Waals surface area (Å²) in [6.45, 7) is 6.60. The highest BCUT2D eigenvalue weighted by Gasteiger charge is 2.15. The van der Waals surface area contributed by atoms with Crippen LogP contribution in [0.1, 0.15) is 37.4 Å². The summed E-state index contributed by atoms with van der Waals surface area (Å²) >= 11 is 3.10. The van der Waals surface area contributed by atoms with E-state index in [0.29, 0.717) is 12.5 Å². The maximum atomic E-state index is 12.1. The summed E-state index contributed by atoms with van der Waals surface area (Å²) in [5, 5.41) is 6.72. The number of thioether (sulfide) groups is 1. The van der Waals surface area contributed by atoms with E-state index in [4.69, 9.17) is 0 Å². The van der Waals surface area contributed by atoms with Crippen molar-refractivity contribution < 1.29 is 4.79 Å². The van der Waals surface area contributed by atoms with Gasteiger partial charge in [0, 0.05) is 17.5 Å². The van der Waals surface area contributed by atoms with Crippen LogP contribution in [0.2, 0.25) is 0 Å². The maximum absolute atomic E-state index is 12.1. The van der Waals surface area contributed by atoms with Crippen LogP contribution >= 0.6 is 23.1 Å². The van der Waals surface area contributed by atoms with Crippen LogP contribution in [0, 0.1) is 0 Å². The SMILES string of the molecule is CC(Sc1ccccn1)C(=O)NCc1csc(C(C)C)n1. The molecule has 0 aliphatic carbocycles. The van der Waals surface area contributed by atoms with Crippen LogP contribution in [-0.4, -0.2) is 21.1 Å². The van der Waals surface area contributed by atoms with Crippen LogP contribution in [-0.2, 0) is 11.3 Å². The van der Waals surface area contributed by atoms with Gasteiger partial charge in [0.05, 0.1) is 27.5 Å². The number of aromatic nitrogens is 2. The van der Waals surface area contributed by atoms with Crippen molar-refractivity contribution in [3.05, 3.63) is 40.5 Å². The Morgan fingerprint density at radius 3 is 2.81 bits per heavy atom. The number of pyridine rings is 1. The van der Waals surface area contributed by atoms with E-state index in [1.807, 2.05) is 30.5 Å². The average molecular weight is 321 g/mol. The van der Waals surface area contributed by atoms with Gasteiger partial charge in [0.2, 0.25) is 5.91 Å². The second-order valence-corrected chi connectivity index (χ2v) is 7.23. The standard InChI is InChI=1S/C15H19N3OS2/c1-10(2)15-18-12(9-20-15)8-17-14(19)11(3)21-13-6-4-5-7-16-13/h4-7,9-11H,8H2,1-3H3,(H,17,19). The minimum atomic E-state index is -0.178. The summed E-state index contributed by atoms with van der Waals surface area (Å²) in [5.74, 6) is 0.433. The minimum absolute atomic E-state index is 0.00440. The molecule has 0 bridgehead atoms. The van der Waals surface area contributed by atoms with E-state index in [9.17, 15) is 4.79 Å². The van der Waals surface area contributed by atoms with Crippen LogP contribution in [0.5, 0.6) is 0 Å². The highest BCUT2D eigenvalue weighted by molar-refractivity contribution is 8.00. The Labute approximate surface area is 133 Å². The van der Waals surface area contributed by atoms with Crippen molar-refractivity contribution in [2.75, 3.05) is 0 Å². The van der Waals surface area contributed by atoms with Crippen LogP contribution < -0.4 is 5.32 Å². The molecule has 0 aromatic carbocycles. The van der Waals surface area contributed by atoms with Crippen LogP contribution in [0.3, 0.4) is 0 Å². The third-order valence-electron chi connectivity index (χ3n) is 2.81. The topological polar surface area (TPSA) is 54.9 Å². The second kappa shape index (κ2) is 7.56. The molecule has 2 heterocycles. The average Bonchev–Trinajstić information content (AvgIpc) is 2.95. The van der Waals surface area contributed by atoms with Gasteiger partial charge in [-0.15, -0.1) is 11.3 Å². The molecule has 4 nitrogen and oxygen atoms in total. The van der Waals surface area contributed by atoms with Gasteiger partial charge in [-0.25, -0.2) is 9.97 Å². The number of thiazole rings is 1. The first kappa shape index (κ1) is 16.0. The summed E-state index contributed by atoms with van der Waals surface area (Å²) in [4.78, 5) is 20.8. The number of carbonyl (C=O) groups excluding carboxylic acids is 1. The molecule has 21 heavy (non-hydrogen) atoms. The van der Waals surface area contributed by atoms with Gasteiger partial charge >= 0.3 is 0 Å². The fraction of sp³-hybridized carbons (Fsp3) is 0.400. The summed E-state index contributed by atoms with van der Waals surface area (Å²) in [7, 11) is 0. The van der Waals surface area contributed by atoms with Crippen molar-refractivity contribution in [2.45, 2.75) is 43.5 Å². The van der Waals surface area contributed by atoms with Crippen molar-refractivity contribution >= 4 is 29.0 Å². The van der Waals surface area contributed by atoms with Gasteiger partial charge in [0.25, 0.3) is 0 Å². The first-order valence-corrected chi connectivity index (χ1v) is 8.62. The predicted octanol–water partition coefficient (Wildman–Crippen LogP) is 3.46. The summed E-state index contributed by atoms with van der Waals surface area (Å²) in [6, 6.07) is 5.69. The fourth-order valence-corrected chi connectivity index (χ4v) is 3.31. The molecule has 2 aromatic rings. The largest absolute Gasteiger partial charge is 0.349 e. The molecule has 1 unspecified atom stereocenters. The van der Waals surface area contributed by atoms with E-state index in [1.165, 1.54) is 11.8 Å². The van der Waals surface area contributed by atoms with Gasteiger partial charge in [-0.3, -0.25) is 4.79 Å². The minimum Gasteiger partial charge on any atom is -0.349 e. The molecule has 0 spiro atoms. The number of amides is 1. The van der Waals surface area contributed by atoms with E-state index in [2.05, 4.69) is 29.1 Å². The zero-order valence-electron chi connectivity index (χ0n) is 12.4. The first-order chi connectivity index (χ1) is 10.1. The van der Waals surface area contributed by atoms with Crippen LogP contribution in [0.4, 0.5) is 0 Å². The number of hydrogen-bond donors (Lipinski definition) is 1. The van der Waals surface area contributed by atoms with Crippen molar-refractivity contribution in [1.29, 1.82) is 0 Å². The molecule has 1 N–H and O–H groups in total. The lowest BCUT2D eigenvalue weighted by molar-refractivity contribution is -0.120. The quantitative estimate of drug-likeness (QED) is 0.828. The lowest BCUT2D eigenvalue weighted by Crippen LogP contribution is -2.30. The highest BCUT2D eigenvalue weighted by atomic mass is 32.2. The lowest BCUT2D eigenvalue weighted by Gasteiger charge is -2.10. The highest BCUT2D eigenvalue weighted by Crippen LogP contribution is 2.21. The molecule has 0 saturated heterocycles. The van der Waals surface area contributed by atoms with Gasteiger partial charge in [-0.1, -0.05) is 31.7 Å². The van der Waals surface area contributed by atoms with Crippen molar-refractivity contribution in [3.8, 4) is 0 Å². The molecule has 1 amide bonds. The molecule has 0 radical (unpaired) electrons. The summed E-state index contributed by atoms with van der Waals surface area (Å²) < 4.78 is 0. The normalized spacial score (nSPS) is 12.4. The summed E-state index contributed by atoms with van der Waals surface area (Å²) in [6.07, 6.45) is 1.73. The Morgan fingerprint density at radius 1 is 1.38 bits per heavy atom. The molecule has 1 atom stereocenters. The lowest BCUT2D eigenvalue weighted by atomic mass is 10.2. The zero-order chi connectivity index (χ0) is 15.2. The Bertz CT molecular complexity index is 584. The van der Waals surface area contributed by atoms with Crippen molar-refractivity contribution in [1.82, 2.24) is 15.3 Å². The maximum Gasteiger partial charge on any atom is 0.233 e. The monoisotopic (exact) mass is 321 g/mol. The van der Waals surface area contributed by atoms with E-state index in [0.717, 1.165) is 15.7 Å². The molecule has 0 saturated carbocycles. The molecule has 0 aliphatic rings. The van der Waals surface area contributed by atoms with Gasteiger partial charge in [0.15, 0.2) is 0 Å². The fourth-order valence-electron chi connectivity index (χ4n) is 1.64. The number of carbonyl (C=O) groups is 1. The molecular formula is C15H19N3OS2. The van der Waals surface area contributed by atoms with Gasteiger partial charge in [-0.05, 0) is 19.1 Å². The first-order valence-electron chi connectivity index (χ1n) is 6.86. The number of nitrogens with zero attached hydrogens (tertiary/aromatic N) is 2. The molecule has 0 aliphatic heterocycles. The van der Waals surface area contributed by atoms with Gasteiger partial charge in [-0.2, -0.15) is 0 Å². The Balaban J connectivity index is 1.83. The van der Waals surface area contributed by atoms with Crippen LogP contribution in [0.25, 0.3) is 0 Å². The number of hydrogen-bond acceptors (Lipinski definition) is 5. The summed E-state index contributed by atoms with van der Waals surface area (Å²) in [5.41, 5.74) is 0.923. The van der Waals surface area contributed by atoms with E-state index in [1.54, 1.807) is 17.5 Å². The third-order valence-corrected chi connectivity index (χ3v) is 5.06. The Kier molecular flexibility index (Phi) is 5.76. The number of rotatable bonds is 6. The Morgan fingerprint density at radius 2 is 2.19 bits per heavy atom. The molecule has 6 heteroatoms. The van der Waals surface area contributed by atoms with E-state index < -0.39 is 0 Å². The second-order valence-electron chi connectivity index (χ2n) is 4.98. The molecule has 112 valence electrons. The third kappa shape index (κ3) is 4.82. The zero-order valence-corrected chi connectivity index (χ0v) is 14.0. The van der Waals surface area contributed by atoms with E-state index >= 15 is 0 Å². The molecular weight excluding hydrogens is 302 g/mol. The van der Waals surface area contributed by atoms with Gasteiger partial charge < -0.3 is 5.32 Å². The number of nitrogens with one attached hydrogen (secondary N) is 1. The molecule has 2 aromatic heterocycles.